The summed E-state index contributed by atoms with van der Waals surface area (Å²) in [6, 6.07) is 8.97. The van der Waals surface area contributed by atoms with E-state index in [1.54, 1.807) is 19.1 Å². The third-order valence-electron chi connectivity index (χ3n) is 1.32. The maximum absolute atomic E-state index is 11.3. The summed E-state index contributed by atoms with van der Waals surface area (Å²) in [6.07, 6.45) is 0. The molecule has 0 amide bonds. The van der Waals surface area contributed by atoms with E-state index >= 15 is 0 Å². The minimum atomic E-state index is -2.54. The van der Waals surface area contributed by atoms with Crippen LogP contribution in [0.3, 0.4) is 0 Å². The van der Waals surface area contributed by atoms with Gasteiger partial charge < -0.3 is 4.18 Å². The largest absolute Gasteiger partial charge is 0.401 e. The topological polar surface area (TPSA) is 26.3 Å². The molecule has 0 aromatic heterocycles. The molecule has 0 aliphatic rings. The van der Waals surface area contributed by atoms with Crippen molar-refractivity contribution in [2.24, 2.45) is 0 Å². The molecule has 0 saturated heterocycles. The fraction of sp³-hybridized carbons (Fsp3) is 0.250. The lowest BCUT2D eigenvalue weighted by molar-refractivity contribution is 0.561. The third kappa shape index (κ3) is 2.79. The summed E-state index contributed by atoms with van der Waals surface area (Å²) in [6.45, 7) is 1.75. The van der Waals surface area contributed by atoms with Crippen LogP contribution in [0.2, 0.25) is 0 Å². The van der Waals surface area contributed by atoms with E-state index in [1.165, 1.54) is 0 Å². The monoisotopic (exact) mass is 202 g/mol. The molecule has 0 N–H and O–H groups in total. The Labute approximate surface area is 77.4 Å². The quantitative estimate of drug-likeness (QED) is 0.747. The van der Waals surface area contributed by atoms with Gasteiger partial charge in [-0.2, -0.15) is 0 Å². The second kappa shape index (κ2) is 3.87. The van der Waals surface area contributed by atoms with Crippen LogP contribution in [-0.4, -0.2) is 9.96 Å². The number of rotatable bonds is 3. The first-order valence-corrected chi connectivity index (χ1v) is 6.19. The number of para-hydroxylation sites is 1. The second-order valence-electron chi connectivity index (χ2n) is 2.24. The van der Waals surface area contributed by atoms with Crippen LogP contribution < -0.4 is 4.18 Å². The van der Waals surface area contributed by atoms with E-state index in [0.717, 1.165) is 0 Å². The first-order valence-electron chi connectivity index (χ1n) is 3.61. The van der Waals surface area contributed by atoms with E-state index in [-0.39, 0.29) is 0 Å². The number of hydrogen-bond donors (Lipinski definition) is 0. The van der Waals surface area contributed by atoms with Crippen LogP contribution in [-0.2, 0) is 20.0 Å². The fourth-order valence-corrected chi connectivity index (χ4v) is 1.44. The average Bonchev–Trinajstić information content (AvgIpc) is 2.06. The van der Waals surface area contributed by atoms with Gasteiger partial charge in [-0.25, -0.2) is 4.21 Å². The summed E-state index contributed by atoms with van der Waals surface area (Å²) in [5.41, 5.74) is 0. The third-order valence-corrected chi connectivity index (χ3v) is 3.38. The molecular formula is C8H10O2S2. The van der Waals surface area contributed by atoms with Gasteiger partial charge in [-0.3, -0.25) is 0 Å². The molecule has 0 aliphatic heterocycles. The van der Waals surface area contributed by atoms with Crippen molar-refractivity contribution in [1.82, 2.24) is 0 Å². The number of benzene rings is 1. The summed E-state index contributed by atoms with van der Waals surface area (Å²) in [5, 5.41) is 0. The summed E-state index contributed by atoms with van der Waals surface area (Å²) in [5.74, 6) is 0.927. The average molecular weight is 202 g/mol. The molecule has 0 saturated carbocycles. The molecule has 2 nitrogen and oxygen atoms in total. The van der Waals surface area contributed by atoms with Crippen molar-refractivity contribution in [1.29, 1.82) is 0 Å². The minimum Gasteiger partial charge on any atom is -0.401 e. The molecule has 1 aromatic carbocycles. The van der Waals surface area contributed by atoms with Gasteiger partial charge in [-0.15, -0.1) is 0 Å². The Balaban J connectivity index is 2.78. The first kappa shape index (κ1) is 9.48. The highest BCUT2D eigenvalue weighted by molar-refractivity contribution is 8.30. The minimum absolute atomic E-state index is 0.358. The standard InChI is InChI=1S/C8H10O2S2/c1-2-12(9,11)10-8-6-4-3-5-7-8/h3-7H,2H2,1H3. The Morgan fingerprint density at radius 3 is 2.50 bits per heavy atom. The molecule has 0 aliphatic carbocycles. The van der Waals surface area contributed by atoms with E-state index in [2.05, 4.69) is 0 Å². The molecule has 1 aromatic rings. The van der Waals surface area contributed by atoms with Crippen molar-refractivity contribution in [3.8, 4) is 5.75 Å². The van der Waals surface area contributed by atoms with Gasteiger partial charge in [0, 0.05) is 11.2 Å². The molecule has 66 valence electrons. The lowest BCUT2D eigenvalue weighted by Gasteiger charge is -2.05. The van der Waals surface area contributed by atoms with E-state index in [4.69, 9.17) is 15.4 Å². The van der Waals surface area contributed by atoms with Crippen molar-refractivity contribution < 1.29 is 8.39 Å². The van der Waals surface area contributed by atoms with Crippen molar-refractivity contribution in [2.75, 3.05) is 5.75 Å². The summed E-state index contributed by atoms with van der Waals surface area (Å²) in [7, 11) is -2.54. The van der Waals surface area contributed by atoms with Gasteiger partial charge in [0.1, 0.15) is 5.75 Å². The Kier molecular flexibility index (Phi) is 3.05. The van der Waals surface area contributed by atoms with Gasteiger partial charge in [0.25, 0.3) is 0 Å². The predicted molar refractivity (Wildman–Crippen MR) is 53.1 cm³/mol. The lowest BCUT2D eigenvalue weighted by Crippen LogP contribution is -2.09. The van der Waals surface area contributed by atoms with E-state index < -0.39 is 8.77 Å². The Morgan fingerprint density at radius 1 is 1.42 bits per heavy atom. The summed E-state index contributed by atoms with van der Waals surface area (Å²) >= 11 is 4.73. The molecule has 1 unspecified atom stereocenters. The predicted octanol–water partition coefficient (Wildman–Crippen LogP) is 1.75. The smallest absolute Gasteiger partial charge is 0.185 e. The van der Waals surface area contributed by atoms with Gasteiger partial charge in [0.05, 0.1) is 5.75 Å². The summed E-state index contributed by atoms with van der Waals surface area (Å²) < 4.78 is 16.4. The van der Waals surface area contributed by atoms with Gasteiger partial charge in [0.2, 0.25) is 0 Å². The van der Waals surface area contributed by atoms with Gasteiger partial charge in [-0.05, 0) is 12.1 Å². The molecule has 0 bridgehead atoms. The second-order valence-corrected chi connectivity index (χ2v) is 5.63. The zero-order chi connectivity index (χ0) is 9.03. The van der Waals surface area contributed by atoms with Gasteiger partial charge in [-0.1, -0.05) is 25.1 Å². The molecule has 1 atom stereocenters. The normalized spacial score (nSPS) is 15.1. The molecule has 0 spiro atoms. The SMILES string of the molecule is CCS(=O)(=S)Oc1ccccc1. The molecule has 4 heteroatoms. The maximum atomic E-state index is 11.3. The maximum Gasteiger partial charge on any atom is 0.185 e. The molecule has 0 radical (unpaired) electrons. The van der Waals surface area contributed by atoms with Crippen LogP contribution in [0.1, 0.15) is 6.92 Å². The van der Waals surface area contributed by atoms with E-state index in [9.17, 15) is 4.21 Å². The van der Waals surface area contributed by atoms with Gasteiger partial charge in [0.15, 0.2) is 8.77 Å². The lowest BCUT2D eigenvalue weighted by atomic mass is 10.3. The highest BCUT2D eigenvalue weighted by atomic mass is 32.8. The van der Waals surface area contributed by atoms with Crippen LogP contribution in [0.4, 0.5) is 0 Å². The molecule has 12 heavy (non-hydrogen) atoms. The van der Waals surface area contributed by atoms with Crippen molar-refractivity contribution in [3.05, 3.63) is 30.3 Å². The van der Waals surface area contributed by atoms with Gasteiger partial charge >= 0.3 is 0 Å². The van der Waals surface area contributed by atoms with Crippen molar-refractivity contribution in [3.63, 3.8) is 0 Å². The summed E-state index contributed by atoms with van der Waals surface area (Å²) in [4.78, 5) is 0. The Morgan fingerprint density at radius 2 is 2.00 bits per heavy atom. The van der Waals surface area contributed by atoms with E-state index in [0.29, 0.717) is 11.5 Å². The Hall–Kier alpha value is -0.610. The van der Waals surface area contributed by atoms with Crippen LogP contribution in [0, 0.1) is 0 Å². The molecule has 1 rings (SSSR count). The van der Waals surface area contributed by atoms with Crippen molar-refractivity contribution >= 4 is 20.0 Å². The molecular weight excluding hydrogens is 192 g/mol. The zero-order valence-electron chi connectivity index (χ0n) is 6.73. The molecule has 0 heterocycles. The van der Waals surface area contributed by atoms with Crippen molar-refractivity contribution in [2.45, 2.75) is 6.92 Å². The van der Waals surface area contributed by atoms with Crippen LogP contribution in [0.5, 0.6) is 5.75 Å². The zero-order valence-corrected chi connectivity index (χ0v) is 8.36. The first-order chi connectivity index (χ1) is 5.64. The van der Waals surface area contributed by atoms with E-state index in [1.807, 2.05) is 18.2 Å². The highest BCUT2D eigenvalue weighted by Gasteiger charge is 2.03. The Bertz CT molecular complexity index is 329. The van der Waals surface area contributed by atoms with Crippen LogP contribution in [0.25, 0.3) is 0 Å². The number of hydrogen-bond acceptors (Lipinski definition) is 3. The van der Waals surface area contributed by atoms with Crippen LogP contribution >= 0.6 is 0 Å². The van der Waals surface area contributed by atoms with Crippen LogP contribution in [0.15, 0.2) is 30.3 Å². The fourth-order valence-electron chi connectivity index (χ4n) is 0.682. The highest BCUT2D eigenvalue weighted by Crippen LogP contribution is 2.11. The molecule has 0 fully saturated rings.